The Labute approximate surface area is 156 Å². The first-order valence-electron chi connectivity index (χ1n) is 8.74. The van der Waals surface area contributed by atoms with Gasteiger partial charge >= 0.3 is 5.97 Å². The number of amides is 1. The predicted octanol–water partition coefficient (Wildman–Crippen LogP) is 3.75. The number of likely N-dealkylation sites (tertiary alicyclic amines) is 1. The molecule has 1 aromatic carbocycles. The number of carbonyl (C=O) groups is 3. The third-order valence-corrected chi connectivity index (χ3v) is 4.82. The highest BCUT2D eigenvalue weighted by Gasteiger charge is 2.24. The van der Waals surface area contributed by atoms with E-state index in [2.05, 4.69) is 15.9 Å². The zero-order chi connectivity index (χ0) is 18.2. The molecule has 0 saturated carbocycles. The van der Waals surface area contributed by atoms with E-state index < -0.39 is 12.1 Å². The Kier molecular flexibility index (Phi) is 7.62. The Morgan fingerprint density at radius 3 is 2.24 bits per heavy atom. The topological polar surface area (TPSA) is 63.7 Å². The third kappa shape index (κ3) is 6.27. The Bertz CT molecular complexity index is 606. The highest BCUT2D eigenvalue weighted by Crippen LogP contribution is 2.14. The number of Topliss-reactive ketones (excluding diaryl/α,β-unsaturated/α-hetero) is 1. The summed E-state index contributed by atoms with van der Waals surface area (Å²) in [5.74, 6) is -0.772. The zero-order valence-corrected chi connectivity index (χ0v) is 16.1. The van der Waals surface area contributed by atoms with Crippen molar-refractivity contribution in [1.82, 2.24) is 4.90 Å². The highest BCUT2D eigenvalue weighted by molar-refractivity contribution is 9.10. The van der Waals surface area contributed by atoms with Crippen LogP contribution in [0.25, 0.3) is 0 Å². The molecule has 1 aliphatic heterocycles. The second-order valence-corrected chi connectivity index (χ2v) is 7.22. The lowest BCUT2D eigenvalue weighted by Crippen LogP contribution is -2.40. The van der Waals surface area contributed by atoms with E-state index in [4.69, 9.17) is 4.74 Å². The van der Waals surface area contributed by atoms with Crippen molar-refractivity contribution in [2.24, 2.45) is 0 Å². The number of rotatable bonds is 6. The minimum absolute atomic E-state index is 0.0213. The maximum atomic E-state index is 12.4. The molecular formula is C19H24BrNO4. The van der Waals surface area contributed by atoms with Gasteiger partial charge in [0.15, 0.2) is 11.9 Å². The number of carbonyl (C=O) groups excluding carboxylic acids is 3. The molecule has 0 N–H and O–H groups in total. The van der Waals surface area contributed by atoms with E-state index in [0.717, 1.165) is 43.2 Å². The fourth-order valence-electron chi connectivity index (χ4n) is 2.85. The van der Waals surface area contributed by atoms with Gasteiger partial charge in [0.05, 0.1) is 6.42 Å². The predicted molar refractivity (Wildman–Crippen MR) is 98.3 cm³/mol. The SMILES string of the molecule is CC(OC(=O)CCC(=O)c1ccc(Br)cc1)C(=O)N1CCCCCC1. The summed E-state index contributed by atoms with van der Waals surface area (Å²) in [4.78, 5) is 38.1. The summed E-state index contributed by atoms with van der Waals surface area (Å²) in [6.07, 6.45) is 3.51. The molecule has 1 fully saturated rings. The van der Waals surface area contributed by atoms with Gasteiger partial charge in [0.2, 0.25) is 0 Å². The van der Waals surface area contributed by atoms with Crippen molar-refractivity contribution in [1.29, 1.82) is 0 Å². The van der Waals surface area contributed by atoms with E-state index in [1.165, 1.54) is 0 Å². The Morgan fingerprint density at radius 2 is 1.64 bits per heavy atom. The van der Waals surface area contributed by atoms with Crippen molar-refractivity contribution >= 4 is 33.6 Å². The molecule has 0 aliphatic carbocycles. The van der Waals surface area contributed by atoms with Crippen molar-refractivity contribution < 1.29 is 19.1 Å². The largest absolute Gasteiger partial charge is 0.453 e. The minimum atomic E-state index is -0.798. The average Bonchev–Trinajstić information content (AvgIpc) is 2.89. The van der Waals surface area contributed by atoms with Crippen LogP contribution in [0.2, 0.25) is 0 Å². The van der Waals surface area contributed by atoms with Gasteiger partial charge in [-0.05, 0) is 31.9 Å². The molecule has 0 bridgehead atoms. The number of ether oxygens (including phenoxy) is 1. The molecule has 1 aliphatic rings. The lowest BCUT2D eigenvalue weighted by molar-refractivity contribution is -0.159. The van der Waals surface area contributed by atoms with E-state index >= 15 is 0 Å². The van der Waals surface area contributed by atoms with Crippen molar-refractivity contribution in [2.45, 2.75) is 51.6 Å². The molecule has 1 saturated heterocycles. The molecule has 0 spiro atoms. The van der Waals surface area contributed by atoms with Crippen molar-refractivity contribution in [3.8, 4) is 0 Å². The average molecular weight is 410 g/mol. The molecule has 2 rings (SSSR count). The second kappa shape index (κ2) is 9.70. The first-order valence-corrected chi connectivity index (χ1v) is 9.53. The third-order valence-electron chi connectivity index (χ3n) is 4.30. The van der Waals surface area contributed by atoms with Gasteiger partial charge in [-0.1, -0.05) is 40.9 Å². The zero-order valence-electron chi connectivity index (χ0n) is 14.5. The van der Waals surface area contributed by atoms with E-state index in [9.17, 15) is 14.4 Å². The van der Waals surface area contributed by atoms with E-state index in [0.29, 0.717) is 5.56 Å². The van der Waals surface area contributed by atoms with Gasteiger partial charge in [-0.2, -0.15) is 0 Å². The molecule has 0 aromatic heterocycles. The van der Waals surface area contributed by atoms with Crippen LogP contribution in [0, 0.1) is 0 Å². The fourth-order valence-corrected chi connectivity index (χ4v) is 3.11. The quantitative estimate of drug-likeness (QED) is 0.530. The van der Waals surface area contributed by atoms with Crippen LogP contribution in [-0.2, 0) is 14.3 Å². The fraction of sp³-hybridized carbons (Fsp3) is 0.526. The van der Waals surface area contributed by atoms with Crippen molar-refractivity contribution in [3.05, 3.63) is 34.3 Å². The maximum absolute atomic E-state index is 12.4. The van der Waals surface area contributed by atoms with Gasteiger partial charge in [0.25, 0.3) is 5.91 Å². The maximum Gasteiger partial charge on any atom is 0.307 e. The number of benzene rings is 1. The summed E-state index contributed by atoms with van der Waals surface area (Å²) in [5, 5.41) is 0. The van der Waals surface area contributed by atoms with Crippen molar-refractivity contribution in [3.63, 3.8) is 0 Å². The highest BCUT2D eigenvalue weighted by atomic mass is 79.9. The van der Waals surface area contributed by atoms with Crippen LogP contribution in [0.15, 0.2) is 28.7 Å². The van der Waals surface area contributed by atoms with Crippen LogP contribution in [0.1, 0.15) is 55.8 Å². The molecule has 136 valence electrons. The molecule has 1 aromatic rings. The van der Waals surface area contributed by atoms with Gasteiger partial charge in [0, 0.05) is 29.5 Å². The van der Waals surface area contributed by atoms with E-state index in [1.54, 1.807) is 36.1 Å². The van der Waals surface area contributed by atoms with Crippen LogP contribution in [0.3, 0.4) is 0 Å². The summed E-state index contributed by atoms with van der Waals surface area (Å²) >= 11 is 3.31. The summed E-state index contributed by atoms with van der Waals surface area (Å²) in [5.41, 5.74) is 0.560. The summed E-state index contributed by atoms with van der Waals surface area (Å²) in [7, 11) is 0. The number of esters is 1. The van der Waals surface area contributed by atoms with Crippen molar-refractivity contribution in [2.75, 3.05) is 13.1 Å². The lowest BCUT2D eigenvalue weighted by Gasteiger charge is -2.23. The normalized spacial score (nSPS) is 16.0. The first-order chi connectivity index (χ1) is 12.0. The molecular weight excluding hydrogens is 386 g/mol. The Balaban J connectivity index is 1.77. The summed E-state index contributed by atoms with van der Waals surface area (Å²) in [6.45, 7) is 3.05. The van der Waals surface area contributed by atoms with Gasteiger partial charge in [-0.15, -0.1) is 0 Å². The number of hydrogen-bond acceptors (Lipinski definition) is 4. The van der Waals surface area contributed by atoms with Gasteiger partial charge in [-0.3, -0.25) is 14.4 Å². The first kappa shape index (κ1) is 19.6. The van der Waals surface area contributed by atoms with E-state index in [-0.39, 0.29) is 24.5 Å². The summed E-state index contributed by atoms with van der Waals surface area (Å²) < 4.78 is 6.11. The molecule has 6 heteroatoms. The van der Waals surface area contributed by atoms with Crippen LogP contribution < -0.4 is 0 Å². The smallest absolute Gasteiger partial charge is 0.307 e. The summed E-state index contributed by atoms with van der Waals surface area (Å²) in [6, 6.07) is 6.99. The molecule has 1 heterocycles. The number of nitrogens with zero attached hydrogens (tertiary/aromatic N) is 1. The number of halogens is 1. The van der Waals surface area contributed by atoms with Crippen LogP contribution >= 0.6 is 15.9 Å². The molecule has 5 nitrogen and oxygen atoms in total. The van der Waals surface area contributed by atoms with Crippen LogP contribution in [0.5, 0.6) is 0 Å². The Hall–Kier alpha value is -1.69. The van der Waals surface area contributed by atoms with Crippen LogP contribution in [-0.4, -0.2) is 41.8 Å². The Morgan fingerprint density at radius 1 is 1.04 bits per heavy atom. The minimum Gasteiger partial charge on any atom is -0.453 e. The van der Waals surface area contributed by atoms with E-state index in [1.807, 2.05) is 0 Å². The van der Waals surface area contributed by atoms with Crippen LogP contribution in [0.4, 0.5) is 0 Å². The molecule has 1 atom stereocenters. The molecule has 1 unspecified atom stereocenters. The lowest BCUT2D eigenvalue weighted by atomic mass is 10.1. The van der Waals surface area contributed by atoms with Gasteiger partial charge in [0.1, 0.15) is 0 Å². The number of hydrogen-bond donors (Lipinski definition) is 0. The van der Waals surface area contributed by atoms with Gasteiger partial charge < -0.3 is 9.64 Å². The standard InChI is InChI=1S/C19H24BrNO4/c1-14(19(24)21-12-4-2-3-5-13-21)25-18(23)11-10-17(22)15-6-8-16(20)9-7-15/h6-9,14H,2-5,10-13H2,1H3. The number of ketones is 1. The second-order valence-electron chi connectivity index (χ2n) is 6.30. The molecule has 25 heavy (non-hydrogen) atoms. The molecule has 1 amide bonds. The van der Waals surface area contributed by atoms with Gasteiger partial charge in [-0.25, -0.2) is 0 Å². The monoisotopic (exact) mass is 409 g/mol. The molecule has 0 radical (unpaired) electrons.